The molecule has 2 aromatic heterocycles. The van der Waals surface area contributed by atoms with Crippen LogP contribution in [-0.4, -0.2) is 30.9 Å². The second kappa shape index (κ2) is 7.58. The van der Waals surface area contributed by atoms with Gasteiger partial charge in [0.2, 0.25) is 5.75 Å². The van der Waals surface area contributed by atoms with Gasteiger partial charge in [-0.15, -0.1) is 0 Å². The molecule has 8 nitrogen and oxygen atoms in total. The van der Waals surface area contributed by atoms with Crippen LogP contribution in [0.15, 0.2) is 79.3 Å². The Morgan fingerprint density at radius 2 is 1.75 bits per heavy atom. The molecule has 0 aliphatic heterocycles. The van der Waals surface area contributed by atoms with Crippen LogP contribution in [0.2, 0.25) is 0 Å². The van der Waals surface area contributed by atoms with E-state index in [-0.39, 0.29) is 11.7 Å². The summed E-state index contributed by atoms with van der Waals surface area (Å²) in [4.78, 5) is 20.0. The van der Waals surface area contributed by atoms with Gasteiger partial charge in [-0.1, -0.05) is 42.5 Å². The van der Waals surface area contributed by atoms with E-state index < -0.39 is 12.0 Å². The highest BCUT2D eigenvalue weighted by molar-refractivity contribution is 5.87. The Balaban J connectivity index is 1.42. The molecule has 0 fully saturated rings. The first kappa shape index (κ1) is 17.2. The lowest BCUT2D eigenvalue weighted by molar-refractivity contribution is 0.212. The van der Waals surface area contributed by atoms with Gasteiger partial charge in [0.25, 0.3) is 11.8 Å². The fourth-order valence-electron chi connectivity index (χ4n) is 2.54. The maximum atomic E-state index is 12.1. The summed E-state index contributed by atoms with van der Waals surface area (Å²) < 4.78 is 6.45. The van der Waals surface area contributed by atoms with Crippen molar-refractivity contribution in [1.29, 1.82) is 0 Å². The summed E-state index contributed by atoms with van der Waals surface area (Å²) in [6, 6.07) is 18.9. The van der Waals surface area contributed by atoms with Crippen LogP contribution >= 0.6 is 0 Å². The molecular formula is C20H15N5O3. The topological polar surface area (TPSA) is 102 Å². The first-order valence-corrected chi connectivity index (χ1v) is 8.39. The molecule has 0 unspecified atom stereocenters. The first-order chi connectivity index (χ1) is 13.7. The third-order valence-electron chi connectivity index (χ3n) is 3.87. The van der Waals surface area contributed by atoms with Crippen LogP contribution in [0.5, 0.6) is 11.6 Å². The number of aromatic hydroxyl groups is 1. The third kappa shape index (κ3) is 3.80. The van der Waals surface area contributed by atoms with E-state index in [2.05, 4.69) is 20.4 Å². The van der Waals surface area contributed by atoms with Crippen molar-refractivity contribution in [3.8, 4) is 28.7 Å². The van der Waals surface area contributed by atoms with Crippen LogP contribution in [0.4, 0.5) is 10.5 Å². The van der Waals surface area contributed by atoms with Crippen molar-refractivity contribution in [2.45, 2.75) is 0 Å². The van der Waals surface area contributed by atoms with Crippen molar-refractivity contribution in [2.75, 3.05) is 5.32 Å². The Kier molecular flexibility index (Phi) is 4.67. The zero-order valence-corrected chi connectivity index (χ0v) is 14.6. The molecule has 2 aromatic carbocycles. The van der Waals surface area contributed by atoms with E-state index >= 15 is 0 Å². The standard InChI is InChI=1S/C20H15N5O3/c26-18-17(13-21-19(24-18)25-12-4-11-22-25)28-20(27)23-16-9-7-15(8-10-16)14-5-2-1-3-6-14/h1-13H,(H,23,27)(H,21,24,26). The molecular weight excluding hydrogens is 358 g/mol. The van der Waals surface area contributed by atoms with Gasteiger partial charge in [-0.2, -0.15) is 10.1 Å². The number of hydrogen-bond acceptors (Lipinski definition) is 6. The number of nitrogens with zero attached hydrogens (tertiary/aromatic N) is 4. The van der Waals surface area contributed by atoms with E-state index in [0.717, 1.165) is 11.1 Å². The lowest BCUT2D eigenvalue weighted by Gasteiger charge is -2.09. The summed E-state index contributed by atoms with van der Waals surface area (Å²) in [5, 5.41) is 16.5. The van der Waals surface area contributed by atoms with Gasteiger partial charge in [-0.25, -0.2) is 14.5 Å². The van der Waals surface area contributed by atoms with Crippen molar-refractivity contribution in [3.05, 3.63) is 79.3 Å². The number of ether oxygens (including phenoxy) is 1. The molecule has 0 aliphatic rings. The number of carbonyl (C=O) groups excluding carboxylic acids is 1. The van der Waals surface area contributed by atoms with Gasteiger partial charge in [0.05, 0.1) is 6.20 Å². The Morgan fingerprint density at radius 1 is 1.00 bits per heavy atom. The van der Waals surface area contributed by atoms with Gasteiger partial charge in [-0.3, -0.25) is 5.32 Å². The molecule has 0 spiro atoms. The van der Waals surface area contributed by atoms with E-state index in [0.29, 0.717) is 5.69 Å². The number of aromatic nitrogens is 4. The first-order valence-electron chi connectivity index (χ1n) is 8.39. The van der Waals surface area contributed by atoms with Crippen LogP contribution in [0, 0.1) is 0 Å². The van der Waals surface area contributed by atoms with Gasteiger partial charge in [0.15, 0.2) is 0 Å². The smallest absolute Gasteiger partial charge is 0.417 e. The van der Waals surface area contributed by atoms with E-state index in [1.807, 2.05) is 42.5 Å². The summed E-state index contributed by atoms with van der Waals surface area (Å²) in [7, 11) is 0. The second-order valence-corrected chi connectivity index (χ2v) is 5.77. The summed E-state index contributed by atoms with van der Waals surface area (Å²) in [6.07, 6.45) is 3.62. The van der Waals surface area contributed by atoms with Gasteiger partial charge < -0.3 is 9.84 Å². The average Bonchev–Trinajstić information content (AvgIpc) is 3.26. The van der Waals surface area contributed by atoms with Crippen molar-refractivity contribution >= 4 is 11.8 Å². The quantitative estimate of drug-likeness (QED) is 0.566. The van der Waals surface area contributed by atoms with Gasteiger partial charge >= 0.3 is 6.09 Å². The molecule has 2 heterocycles. The van der Waals surface area contributed by atoms with Crippen LogP contribution in [0.25, 0.3) is 17.1 Å². The van der Waals surface area contributed by atoms with Crippen molar-refractivity contribution in [3.63, 3.8) is 0 Å². The minimum absolute atomic E-state index is 0.158. The number of nitrogens with one attached hydrogen (secondary N) is 1. The van der Waals surface area contributed by atoms with E-state index in [1.54, 1.807) is 30.6 Å². The molecule has 2 N–H and O–H groups in total. The Bertz CT molecular complexity index is 1080. The Hall–Kier alpha value is -4.20. The molecule has 0 aliphatic carbocycles. The number of rotatable bonds is 4. The van der Waals surface area contributed by atoms with Crippen LogP contribution < -0.4 is 10.1 Å². The zero-order valence-electron chi connectivity index (χ0n) is 14.6. The predicted octanol–water partition coefficient (Wildman–Crippen LogP) is 3.65. The van der Waals surface area contributed by atoms with Crippen LogP contribution in [0.1, 0.15) is 0 Å². The largest absolute Gasteiger partial charge is 0.491 e. The number of hydrogen-bond donors (Lipinski definition) is 2. The summed E-state index contributed by atoms with van der Waals surface area (Å²) in [6.45, 7) is 0. The summed E-state index contributed by atoms with van der Waals surface area (Å²) in [5.41, 5.74) is 2.66. The summed E-state index contributed by atoms with van der Waals surface area (Å²) >= 11 is 0. The maximum absolute atomic E-state index is 12.1. The monoisotopic (exact) mass is 373 g/mol. The van der Waals surface area contributed by atoms with Crippen LogP contribution in [0.3, 0.4) is 0 Å². The Labute approximate surface area is 160 Å². The third-order valence-corrected chi connectivity index (χ3v) is 3.87. The van der Waals surface area contributed by atoms with E-state index in [4.69, 9.17) is 4.74 Å². The fourth-order valence-corrected chi connectivity index (χ4v) is 2.54. The predicted molar refractivity (Wildman–Crippen MR) is 102 cm³/mol. The highest BCUT2D eigenvalue weighted by Crippen LogP contribution is 2.24. The minimum atomic E-state index is -0.766. The molecule has 0 radical (unpaired) electrons. The van der Waals surface area contributed by atoms with Gasteiger partial charge in [0.1, 0.15) is 0 Å². The van der Waals surface area contributed by atoms with Gasteiger partial charge in [0, 0.05) is 18.1 Å². The van der Waals surface area contributed by atoms with E-state index in [1.165, 1.54) is 10.9 Å². The van der Waals surface area contributed by atoms with Gasteiger partial charge in [-0.05, 0) is 29.3 Å². The molecule has 0 saturated heterocycles. The van der Waals surface area contributed by atoms with Crippen LogP contribution in [-0.2, 0) is 0 Å². The number of amides is 1. The lowest BCUT2D eigenvalue weighted by Crippen LogP contribution is -2.17. The number of carbonyl (C=O) groups is 1. The molecule has 138 valence electrons. The normalized spacial score (nSPS) is 10.4. The van der Waals surface area contributed by atoms with Crippen molar-refractivity contribution < 1.29 is 14.6 Å². The lowest BCUT2D eigenvalue weighted by atomic mass is 10.1. The molecule has 4 rings (SSSR count). The molecule has 1 amide bonds. The number of benzene rings is 2. The van der Waals surface area contributed by atoms with E-state index in [9.17, 15) is 9.90 Å². The van der Waals surface area contributed by atoms with Crippen molar-refractivity contribution in [2.24, 2.45) is 0 Å². The second-order valence-electron chi connectivity index (χ2n) is 5.77. The molecule has 4 aromatic rings. The zero-order chi connectivity index (χ0) is 19.3. The molecule has 0 bridgehead atoms. The molecule has 0 saturated carbocycles. The van der Waals surface area contributed by atoms with Crippen molar-refractivity contribution in [1.82, 2.24) is 19.7 Å². The maximum Gasteiger partial charge on any atom is 0.417 e. The summed E-state index contributed by atoms with van der Waals surface area (Å²) in [5.74, 6) is -0.462. The SMILES string of the molecule is O=C(Nc1ccc(-c2ccccc2)cc1)Oc1cnc(-n2cccn2)nc1O. The Morgan fingerprint density at radius 3 is 2.43 bits per heavy atom. The highest BCUT2D eigenvalue weighted by Gasteiger charge is 2.13. The molecule has 28 heavy (non-hydrogen) atoms. The minimum Gasteiger partial charge on any atom is -0.491 e. The molecule has 0 atom stereocenters. The molecule has 8 heteroatoms. The number of anilines is 1. The average molecular weight is 373 g/mol. The highest BCUT2D eigenvalue weighted by atomic mass is 16.6. The fraction of sp³-hybridized carbons (Fsp3) is 0.